The van der Waals surface area contributed by atoms with Crippen molar-refractivity contribution in [2.24, 2.45) is 7.05 Å². The molecular weight excluding hydrogens is 454 g/mol. The predicted octanol–water partition coefficient (Wildman–Crippen LogP) is 3.09. The fourth-order valence-corrected chi connectivity index (χ4v) is 5.27. The lowest BCUT2D eigenvalue weighted by Gasteiger charge is -2.33. The summed E-state index contributed by atoms with van der Waals surface area (Å²) in [5, 5.41) is 28.6. The third-order valence-electron chi connectivity index (χ3n) is 7.36. The Kier molecular flexibility index (Phi) is 6.12. The van der Waals surface area contributed by atoms with Crippen molar-refractivity contribution >= 4 is 0 Å². The summed E-state index contributed by atoms with van der Waals surface area (Å²) >= 11 is 0. The van der Waals surface area contributed by atoms with Crippen molar-refractivity contribution in [3.8, 4) is 33.6 Å². The van der Waals surface area contributed by atoms with Crippen LogP contribution in [0.1, 0.15) is 31.7 Å². The van der Waals surface area contributed by atoms with E-state index in [9.17, 15) is 10.2 Å². The van der Waals surface area contributed by atoms with Crippen LogP contribution in [-0.4, -0.2) is 69.9 Å². The van der Waals surface area contributed by atoms with E-state index in [1.165, 1.54) is 6.04 Å². The van der Waals surface area contributed by atoms with Gasteiger partial charge in [-0.25, -0.2) is 9.97 Å². The van der Waals surface area contributed by atoms with Gasteiger partial charge < -0.3 is 10.2 Å². The zero-order chi connectivity index (χ0) is 24.6. The Balaban J connectivity index is 1.11. The van der Waals surface area contributed by atoms with E-state index >= 15 is 0 Å². The average Bonchev–Trinajstić information content (AvgIpc) is 3.65. The van der Waals surface area contributed by atoms with E-state index in [4.69, 9.17) is 0 Å². The van der Waals surface area contributed by atoms with E-state index in [2.05, 4.69) is 48.1 Å². The number of aliphatic hydroxyl groups is 2. The summed E-state index contributed by atoms with van der Waals surface area (Å²) in [6, 6.07) is 9.86. The Morgan fingerprint density at radius 2 is 1.44 bits per heavy atom. The number of hydrogen-bond acceptors (Lipinski definition) is 7. The first kappa shape index (κ1) is 23.0. The minimum absolute atomic E-state index is 0.343. The van der Waals surface area contributed by atoms with Crippen LogP contribution in [0.15, 0.2) is 61.4 Å². The highest BCUT2D eigenvalue weighted by atomic mass is 16.3. The molecule has 2 N–H and O–H groups in total. The molecule has 1 aliphatic heterocycles. The number of rotatable bonds is 5. The second-order valence-electron chi connectivity index (χ2n) is 9.82. The van der Waals surface area contributed by atoms with Crippen molar-refractivity contribution < 1.29 is 10.2 Å². The van der Waals surface area contributed by atoms with Crippen LogP contribution in [0.25, 0.3) is 33.6 Å². The van der Waals surface area contributed by atoms with Gasteiger partial charge in [0.05, 0.1) is 30.6 Å². The highest BCUT2D eigenvalue weighted by Gasteiger charge is 2.36. The Labute approximate surface area is 210 Å². The normalized spacial score (nSPS) is 21.9. The molecule has 3 aromatic heterocycles. The van der Waals surface area contributed by atoms with Crippen LogP contribution in [0.4, 0.5) is 0 Å². The number of benzene rings is 1. The van der Waals surface area contributed by atoms with E-state index in [-0.39, 0.29) is 0 Å². The number of likely N-dealkylation sites (tertiary alicyclic amines) is 1. The topological polar surface area (TPSA) is 105 Å². The summed E-state index contributed by atoms with van der Waals surface area (Å²) in [6.07, 6.45) is 14.2. The van der Waals surface area contributed by atoms with Gasteiger partial charge in [0.1, 0.15) is 0 Å². The van der Waals surface area contributed by atoms with E-state index in [0.717, 1.165) is 53.5 Å². The fraction of sp³-hybridized carbons (Fsp3) is 0.370. The SMILES string of the molecule is Cn1cc(-c2cccc(-c3ncc(-c4cnn(C5CC[C](N6C[C@H](O)[C@@H](O)C6)CC5)c4)cn3)c2)cn1. The van der Waals surface area contributed by atoms with Crippen LogP contribution >= 0.6 is 0 Å². The van der Waals surface area contributed by atoms with Gasteiger partial charge in [0, 0.05) is 73.2 Å². The monoisotopic (exact) mass is 484 g/mol. The van der Waals surface area contributed by atoms with Gasteiger partial charge in [-0.2, -0.15) is 10.2 Å². The predicted molar refractivity (Wildman–Crippen MR) is 135 cm³/mol. The molecule has 1 saturated carbocycles. The van der Waals surface area contributed by atoms with E-state index in [0.29, 0.717) is 25.0 Å². The van der Waals surface area contributed by atoms with Crippen LogP contribution in [0.2, 0.25) is 0 Å². The third-order valence-corrected chi connectivity index (χ3v) is 7.36. The van der Waals surface area contributed by atoms with Crippen LogP contribution in [0, 0.1) is 6.04 Å². The fourth-order valence-electron chi connectivity index (χ4n) is 5.27. The number of aryl methyl sites for hydroxylation is 1. The largest absolute Gasteiger partial charge is 0.389 e. The molecular formula is C27H30N7O2. The molecule has 1 aliphatic carbocycles. The van der Waals surface area contributed by atoms with Crippen LogP contribution in [0.3, 0.4) is 0 Å². The molecule has 0 spiro atoms. The molecule has 0 amide bonds. The van der Waals surface area contributed by atoms with Gasteiger partial charge in [0.15, 0.2) is 5.82 Å². The molecule has 4 aromatic rings. The maximum atomic E-state index is 9.85. The molecule has 4 heterocycles. The molecule has 9 heteroatoms. The quantitative estimate of drug-likeness (QED) is 0.448. The molecule has 2 fully saturated rings. The summed E-state index contributed by atoms with van der Waals surface area (Å²) in [5.41, 5.74) is 5.06. The molecule has 1 saturated heterocycles. The van der Waals surface area contributed by atoms with Gasteiger partial charge in [-0.15, -0.1) is 0 Å². The lowest BCUT2D eigenvalue weighted by molar-refractivity contribution is 0.0572. The molecule has 36 heavy (non-hydrogen) atoms. The highest BCUT2D eigenvalue weighted by molar-refractivity contribution is 5.70. The van der Waals surface area contributed by atoms with Crippen molar-refractivity contribution in [2.45, 2.75) is 43.9 Å². The molecule has 9 nitrogen and oxygen atoms in total. The second kappa shape index (κ2) is 9.57. The smallest absolute Gasteiger partial charge is 0.159 e. The summed E-state index contributed by atoms with van der Waals surface area (Å²) in [6.45, 7) is 1.08. The molecule has 185 valence electrons. The molecule has 6 rings (SSSR count). The van der Waals surface area contributed by atoms with Crippen molar-refractivity contribution in [3.63, 3.8) is 0 Å². The third kappa shape index (κ3) is 4.57. The van der Waals surface area contributed by atoms with E-state index in [1.807, 2.05) is 50.2 Å². The maximum Gasteiger partial charge on any atom is 0.159 e. The number of hydrogen-bond donors (Lipinski definition) is 2. The Hall–Kier alpha value is -3.40. The van der Waals surface area contributed by atoms with Gasteiger partial charge in [0.2, 0.25) is 0 Å². The number of aromatic nitrogens is 6. The van der Waals surface area contributed by atoms with Gasteiger partial charge in [-0.3, -0.25) is 14.3 Å². The maximum absolute atomic E-state index is 9.85. The first-order valence-corrected chi connectivity index (χ1v) is 12.5. The average molecular weight is 485 g/mol. The van der Waals surface area contributed by atoms with Gasteiger partial charge in [-0.1, -0.05) is 18.2 Å². The minimum Gasteiger partial charge on any atom is -0.389 e. The second-order valence-corrected chi connectivity index (χ2v) is 9.82. The standard InChI is InChI=1S/C27H30N7O2/c1-32-14-21(12-30-32)18-3-2-4-19(9-18)27-28-10-20(11-29-27)22-13-31-34(15-22)24-7-5-23(6-8-24)33-16-25(35)26(36)17-33/h2-4,9-15,24-26,35-36H,5-8,16-17H2,1H3/t25-,26-/m0/s1. The van der Waals surface area contributed by atoms with Gasteiger partial charge >= 0.3 is 0 Å². The Morgan fingerprint density at radius 1 is 0.778 bits per heavy atom. The van der Waals surface area contributed by atoms with E-state index < -0.39 is 12.2 Å². The van der Waals surface area contributed by atoms with Crippen LogP contribution in [0.5, 0.6) is 0 Å². The van der Waals surface area contributed by atoms with Crippen molar-refractivity contribution in [2.75, 3.05) is 13.1 Å². The number of β-amino-alcohol motifs (C(OH)–C–C–N with tert-alkyl or cyclic N) is 2. The lowest BCUT2D eigenvalue weighted by Crippen LogP contribution is -2.31. The summed E-state index contributed by atoms with van der Waals surface area (Å²) in [7, 11) is 1.91. The van der Waals surface area contributed by atoms with Gasteiger partial charge in [-0.05, 0) is 37.3 Å². The van der Waals surface area contributed by atoms with Crippen molar-refractivity contribution in [1.82, 2.24) is 34.4 Å². The molecule has 2 aliphatic rings. The summed E-state index contributed by atoms with van der Waals surface area (Å²) < 4.78 is 3.85. The Bertz CT molecular complexity index is 1310. The lowest BCUT2D eigenvalue weighted by atomic mass is 9.90. The number of aliphatic hydroxyl groups excluding tert-OH is 2. The molecule has 1 aromatic carbocycles. The Morgan fingerprint density at radius 3 is 2.14 bits per heavy atom. The van der Waals surface area contributed by atoms with Crippen LogP contribution in [-0.2, 0) is 7.05 Å². The highest BCUT2D eigenvalue weighted by Crippen LogP contribution is 2.37. The molecule has 1 radical (unpaired) electrons. The summed E-state index contributed by atoms with van der Waals surface area (Å²) in [5.74, 6) is 0.685. The van der Waals surface area contributed by atoms with Gasteiger partial charge in [0.25, 0.3) is 0 Å². The summed E-state index contributed by atoms with van der Waals surface area (Å²) in [4.78, 5) is 11.4. The first-order chi connectivity index (χ1) is 17.5. The zero-order valence-corrected chi connectivity index (χ0v) is 20.3. The molecule has 0 unspecified atom stereocenters. The molecule has 0 bridgehead atoms. The zero-order valence-electron chi connectivity index (χ0n) is 20.3. The first-order valence-electron chi connectivity index (χ1n) is 12.5. The number of nitrogens with zero attached hydrogens (tertiary/aromatic N) is 7. The van der Waals surface area contributed by atoms with E-state index in [1.54, 1.807) is 4.68 Å². The van der Waals surface area contributed by atoms with Crippen molar-refractivity contribution in [3.05, 3.63) is 67.5 Å². The van der Waals surface area contributed by atoms with Crippen LogP contribution < -0.4 is 0 Å². The minimum atomic E-state index is -0.636. The molecule has 2 atom stereocenters. The van der Waals surface area contributed by atoms with Crippen molar-refractivity contribution in [1.29, 1.82) is 0 Å².